The van der Waals surface area contributed by atoms with Crippen molar-refractivity contribution < 1.29 is 14.5 Å². The Morgan fingerprint density at radius 1 is 1.28 bits per heavy atom. The van der Waals surface area contributed by atoms with Crippen LogP contribution in [0.2, 0.25) is 0 Å². The quantitative estimate of drug-likeness (QED) is 0.654. The van der Waals surface area contributed by atoms with E-state index in [0.717, 1.165) is 37.0 Å². The second-order valence-corrected chi connectivity index (χ2v) is 8.07. The Morgan fingerprint density at radius 3 is 2.44 bits per heavy atom. The summed E-state index contributed by atoms with van der Waals surface area (Å²) in [6, 6.07) is 3.14. The van der Waals surface area contributed by atoms with Gasteiger partial charge in [0.05, 0.1) is 0 Å². The number of carbonyl (C=O) groups excluding carboxylic acids is 1. The van der Waals surface area contributed by atoms with Gasteiger partial charge in [-0.3, -0.25) is 4.79 Å². The normalized spacial score (nSPS) is 32.4. The Bertz CT molecular complexity index is 683. The van der Waals surface area contributed by atoms with Crippen LogP contribution in [0.4, 0.5) is 5.82 Å². The van der Waals surface area contributed by atoms with E-state index in [2.05, 4.69) is 10.3 Å². The third-order valence-corrected chi connectivity index (χ3v) is 5.95. The topological polar surface area (TPSA) is 94.4 Å². The molecule has 0 unspecified atom stereocenters. The number of hydrogen-bond donors (Lipinski definition) is 1. The SMILES string of the molecule is Cc1ccc(OCC(=O)NC23CC4CC(CC(C4)C2)C3)c([N+](=O)[O-])n1. The van der Waals surface area contributed by atoms with Crippen LogP contribution in [-0.2, 0) is 4.79 Å². The smallest absolute Gasteiger partial charge is 0.406 e. The molecule has 4 bridgehead atoms. The van der Waals surface area contributed by atoms with Crippen LogP contribution in [0.25, 0.3) is 0 Å². The average molecular weight is 345 g/mol. The first-order valence-electron chi connectivity index (χ1n) is 8.98. The van der Waals surface area contributed by atoms with E-state index in [1.54, 1.807) is 13.0 Å². The number of ether oxygens (including phenoxy) is 1. The highest BCUT2D eigenvalue weighted by molar-refractivity contribution is 5.78. The minimum Gasteiger partial charge on any atom is -0.476 e. The zero-order valence-corrected chi connectivity index (χ0v) is 14.4. The van der Waals surface area contributed by atoms with E-state index in [1.165, 1.54) is 25.3 Å². The van der Waals surface area contributed by atoms with Crippen molar-refractivity contribution in [1.29, 1.82) is 0 Å². The van der Waals surface area contributed by atoms with Gasteiger partial charge in [-0.15, -0.1) is 0 Å². The molecule has 4 saturated carbocycles. The molecule has 1 aromatic rings. The van der Waals surface area contributed by atoms with Crippen molar-refractivity contribution in [2.24, 2.45) is 17.8 Å². The molecule has 4 fully saturated rings. The molecule has 134 valence electrons. The molecular weight excluding hydrogens is 322 g/mol. The molecule has 4 aliphatic carbocycles. The average Bonchev–Trinajstić information content (AvgIpc) is 2.51. The molecule has 7 heteroatoms. The van der Waals surface area contributed by atoms with Crippen LogP contribution in [0, 0.1) is 34.8 Å². The van der Waals surface area contributed by atoms with Gasteiger partial charge in [0.2, 0.25) is 5.75 Å². The van der Waals surface area contributed by atoms with Crippen LogP contribution < -0.4 is 10.1 Å². The first kappa shape index (κ1) is 16.3. The fourth-order valence-electron chi connectivity index (χ4n) is 5.51. The van der Waals surface area contributed by atoms with Crippen molar-refractivity contribution in [1.82, 2.24) is 10.3 Å². The maximum Gasteiger partial charge on any atom is 0.406 e. The number of pyridine rings is 1. The molecule has 0 aliphatic heterocycles. The number of nitro groups is 1. The maximum absolute atomic E-state index is 12.4. The van der Waals surface area contributed by atoms with Crippen molar-refractivity contribution >= 4 is 11.7 Å². The first-order valence-corrected chi connectivity index (χ1v) is 8.98. The fraction of sp³-hybridized carbons (Fsp3) is 0.667. The standard InChI is InChI=1S/C18H23N3O4/c1-11-2-3-15(17(19-11)21(23)24)25-10-16(22)20-18-7-12-4-13(8-18)6-14(5-12)9-18/h2-3,12-14H,4-10H2,1H3,(H,20,22). The Morgan fingerprint density at radius 2 is 1.88 bits per heavy atom. The molecular formula is C18H23N3O4. The Labute approximate surface area is 146 Å². The van der Waals surface area contributed by atoms with E-state index >= 15 is 0 Å². The molecule has 7 nitrogen and oxygen atoms in total. The Balaban J connectivity index is 1.40. The molecule has 0 radical (unpaired) electrons. The van der Waals surface area contributed by atoms with Gasteiger partial charge in [-0.2, -0.15) is 0 Å². The lowest BCUT2D eigenvalue weighted by Gasteiger charge is -2.56. The molecule has 0 spiro atoms. The zero-order valence-electron chi connectivity index (χ0n) is 14.4. The van der Waals surface area contributed by atoms with Gasteiger partial charge in [0, 0.05) is 12.5 Å². The van der Waals surface area contributed by atoms with Crippen LogP contribution in [0.3, 0.4) is 0 Å². The molecule has 0 atom stereocenters. The lowest BCUT2D eigenvalue weighted by molar-refractivity contribution is -0.390. The van der Waals surface area contributed by atoms with Crippen LogP contribution >= 0.6 is 0 Å². The van der Waals surface area contributed by atoms with Gasteiger partial charge < -0.3 is 20.2 Å². The fourth-order valence-corrected chi connectivity index (χ4v) is 5.51. The van der Waals surface area contributed by atoms with E-state index in [1.807, 2.05) is 0 Å². The number of nitrogens with zero attached hydrogens (tertiary/aromatic N) is 2. The summed E-state index contributed by atoms with van der Waals surface area (Å²) < 4.78 is 5.41. The van der Waals surface area contributed by atoms with E-state index in [0.29, 0.717) is 5.69 Å². The predicted octanol–water partition coefficient (Wildman–Crippen LogP) is 2.76. The number of amides is 1. The third-order valence-electron chi connectivity index (χ3n) is 5.95. The molecule has 5 rings (SSSR count). The third kappa shape index (κ3) is 3.19. The van der Waals surface area contributed by atoms with Gasteiger partial charge in [-0.25, -0.2) is 0 Å². The molecule has 1 amide bonds. The zero-order chi connectivity index (χ0) is 17.6. The van der Waals surface area contributed by atoms with E-state index in [4.69, 9.17) is 4.74 Å². The highest BCUT2D eigenvalue weighted by Crippen LogP contribution is 2.55. The van der Waals surface area contributed by atoms with Crippen LogP contribution in [0.5, 0.6) is 5.75 Å². The number of rotatable bonds is 5. The Kier molecular flexibility index (Phi) is 3.89. The van der Waals surface area contributed by atoms with Crippen molar-refractivity contribution in [2.45, 2.75) is 51.0 Å². The maximum atomic E-state index is 12.4. The molecule has 4 aliphatic rings. The minimum absolute atomic E-state index is 0.0382. The summed E-state index contributed by atoms with van der Waals surface area (Å²) in [4.78, 5) is 26.8. The van der Waals surface area contributed by atoms with Crippen molar-refractivity contribution in [3.8, 4) is 5.75 Å². The summed E-state index contributed by atoms with van der Waals surface area (Å²) >= 11 is 0. The summed E-state index contributed by atoms with van der Waals surface area (Å²) in [7, 11) is 0. The molecule has 1 aromatic heterocycles. The number of aryl methyl sites for hydroxylation is 1. The summed E-state index contributed by atoms with van der Waals surface area (Å²) in [6.45, 7) is 1.46. The van der Waals surface area contributed by atoms with Crippen LogP contribution in [-0.4, -0.2) is 28.0 Å². The van der Waals surface area contributed by atoms with Gasteiger partial charge >= 0.3 is 5.82 Å². The second kappa shape index (κ2) is 5.97. The second-order valence-electron chi connectivity index (χ2n) is 8.07. The highest BCUT2D eigenvalue weighted by Gasteiger charge is 2.51. The van der Waals surface area contributed by atoms with Crippen molar-refractivity contribution in [3.05, 3.63) is 27.9 Å². The lowest BCUT2D eigenvalue weighted by Crippen LogP contribution is -2.60. The summed E-state index contributed by atoms with van der Waals surface area (Å²) in [5, 5.41) is 14.3. The summed E-state index contributed by atoms with van der Waals surface area (Å²) in [5.41, 5.74) is 0.462. The number of hydrogen-bond acceptors (Lipinski definition) is 5. The number of nitrogens with one attached hydrogen (secondary N) is 1. The molecule has 0 aromatic carbocycles. The first-order chi connectivity index (χ1) is 11.9. The summed E-state index contributed by atoms with van der Waals surface area (Å²) in [6.07, 6.45) is 7.14. The van der Waals surface area contributed by atoms with Crippen LogP contribution in [0.1, 0.15) is 44.2 Å². The molecule has 1 N–H and O–H groups in total. The van der Waals surface area contributed by atoms with Crippen molar-refractivity contribution in [3.63, 3.8) is 0 Å². The van der Waals surface area contributed by atoms with Gasteiger partial charge in [-0.1, -0.05) is 0 Å². The minimum atomic E-state index is -0.584. The predicted molar refractivity (Wildman–Crippen MR) is 90.2 cm³/mol. The van der Waals surface area contributed by atoms with Crippen LogP contribution in [0.15, 0.2) is 12.1 Å². The highest BCUT2D eigenvalue weighted by atomic mass is 16.6. The van der Waals surface area contributed by atoms with E-state index < -0.39 is 4.92 Å². The van der Waals surface area contributed by atoms with Gasteiger partial charge in [0.15, 0.2) is 6.61 Å². The van der Waals surface area contributed by atoms with E-state index in [-0.39, 0.29) is 29.6 Å². The summed E-state index contributed by atoms with van der Waals surface area (Å²) in [5.74, 6) is 1.73. The monoisotopic (exact) mass is 345 g/mol. The van der Waals surface area contributed by atoms with Crippen molar-refractivity contribution in [2.75, 3.05) is 6.61 Å². The lowest BCUT2D eigenvalue weighted by atomic mass is 9.53. The van der Waals surface area contributed by atoms with Gasteiger partial charge in [0.25, 0.3) is 5.91 Å². The van der Waals surface area contributed by atoms with E-state index in [9.17, 15) is 14.9 Å². The van der Waals surface area contributed by atoms with Gasteiger partial charge in [-0.05, 0) is 78.3 Å². The molecule has 0 saturated heterocycles. The Hall–Kier alpha value is -2.18. The molecule has 25 heavy (non-hydrogen) atoms. The largest absolute Gasteiger partial charge is 0.476 e. The molecule has 1 heterocycles. The number of carbonyl (C=O) groups is 1. The van der Waals surface area contributed by atoms with Gasteiger partial charge in [0.1, 0.15) is 5.69 Å². The number of aromatic nitrogens is 1.